The van der Waals surface area contributed by atoms with Crippen LogP contribution in [0.5, 0.6) is 11.5 Å². The predicted molar refractivity (Wildman–Crippen MR) is 120 cm³/mol. The Morgan fingerprint density at radius 3 is 2.50 bits per heavy atom. The smallest absolute Gasteiger partial charge is 0.257 e. The lowest BCUT2D eigenvalue weighted by Gasteiger charge is -2.13. The number of carbonyl (C=O) groups is 1. The fourth-order valence-electron chi connectivity index (χ4n) is 2.30. The van der Waals surface area contributed by atoms with Crippen molar-refractivity contribution in [2.45, 2.75) is 39.7 Å². The molecular weight excluding hydrogens is 440 g/mol. The number of hydrogen-bond donors (Lipinski definition) is 2. The predicted octanol–water partition coefficient (Wildman–Crippen LogP) is 5.54. The van der Waals surface area contributed by atoms with Crippen LogP contribution < -0.4 is 20.1 Å². The zero-order valence-electron chi connectivity index (χ0n) is 16.3. The van der Waals surface area contributed by atoms with E-state index in [4.69, 9.17) is 21.7 Å². The van der Waals surface area contributed by atoms with Crippen LogP contribution in [-0.4, -0.2) is 23.7 Å². The summed E-state index contributed by atoms with van der Waals surface area (Å²) in [6.45, 7) is 6.72. The molecule has 0 saturated carbocycles. The average molecular weight is 465 g/mol. The molecule has 2 aromatic carbocycles. The lowest BCUT2D eigenvalue weighted by Crippen LogP contribution is -2.34. The first-order valence-electron chi connectivity index (χ1n) is 9.20. The quantitative estimate of drug-likeness (QED) is 0.396. The molecular formula is C21H25BrN2O3S. The summed E-state index contributed by atoms with van der Waals surface area (Å²) in [7, 11) is 0. The highest BCUT2D eigenvalue weighted by molar-refractivity contribution is 9.10. The third kappa shape index (κ3) is 7.13. The molecule has 0 atom stereocenters. The van der Waals surface area contributed by atoms with Crippen molar-refractivity contribution in [2.75, 3.05) is 11.9 Å². The largest absolute Gasteiger partial charge is 0.494 e. The van der Waals surface area contributed by atoms with Gasteiger partial charge in [-0.1, -0.05) is 13.3 Å². The summed E-state index contributed by atoms with van der Waals surface area (Å²) in [6, 6.07) is 12.6. The van der Waals surface area contributed by atoms with Gasteiger partial charge in [0.25, 0.3) is 5.91 Å². The first-order valence-corrected chi connectivity index (χ1v) is 10.4. The van der Waals surface area contributed by atoms with E-state index in [9.17, 15) is 4.79 Å². The van der Waals surface area contributed by atoms with Gasteiger partial charge in [0.2, 0.25) is 0 Å². The molecule has 7 heteroatoms. The number of hydrogen-bond acceptors (Lipinski definition) is 4. The van der Waals surface area contributed by atoms with Crippen molar-refractivity contribution >= 4 is 44.9 Å². The summed E-state index contributed by atoms with van der Waals surface area (Å²) in [5.41, 5.74) is 1.25. The minimum Gasteiger partial charge on any atom is -0.494 e. The molecule has 0 aliphatic carbocycles. The minimum absolute atomic E-state index is 0.0520. The molecule has 0 aliphatic heterocycles. The van der Waals surface area contributed by atoms with E-state index in [0.29, 0.717) is 22.4 Å². The van der Waals surface area contributed by atoms with Crippen molar-refractivity contribution in [1.82, 2.24) is 5.32 Å². The maximum atomic E-state index is 12.4. The second-order valence-corrected chi connectivity index (χ2v) is 7.71. The molecule has 0 unspecified atom stereocenters. The first kappa shape index (κ1) is 22.2. The van der Waals surface area contributed by atoms with Gasteiger partial charge in [-0.25, -0.2) is 0 Å². The maximum Gasteiger partial charge on any atom is 0.257 e. The monoisotopic (exact) mass is 464 g/mol. The molecule has 0 fully saturated rings. The number of unbranched alkanes of at least 4 members (excludes halogenated alkanes) is 1. The Bertz CT molecular complexity index is 810. The van der Waals surface area contributed by atoms with Crippen LogP contribution in [-0.2, 0) is 0 Å². The van der Waals surface area contributed by atoms with Gasteiger partial charge in [-0.15, -0.1) is 0 Å². The molecule has 28 heavy (non-hydrogen) atoms. The van der Waals surface area contributed by atoms with Crippen LogP contribution in [0.4, 0.5) is 5.69 Å². The van der Waals surface area contributed by atoms with E-state index in [-0.39, 0.29) is 17.1 Å². The Balaban J connectivity index is 1.90. The lowest BCUT2D eigenvalue weighted by molar-refractivity contribution is 0.0977. The molecule has 0 heterocycles. The second-order valence-electron chi connectivity index (χ2n) is 6.45. The second kappa shape index (κ2) is 11.0. The van der Waals surface area contributed by atoms with E-state index in [0.717, 1.165) is 24.3 Å². The first-order chi connectivity index (χ1) is 13.4. The number of ether oxygens (including phenoxy) is 2. The van der Waals surface area contributed by atoms with Gasteiger partial charge in [0.15, 0.2) is 5.11 Å². The summed E-state index contributed by atoms with van der Waals surface area (Å²) >= 11 is 8.66. The molecule has 2 rings (SSSR count). The standard InChI is InChI=1S/C21H25BrN2O3S/c1-4-5-12-26-17-9-7-16(8-10-17)23-21(28)24-20(25)15-6-11-19(18(22)13-15)27-14(2)3/h6-11,13-14H,4-5,12H2,1-3H3,(H2,23,24,25,28). The third-order valence-electron chi connectivity index (χ3n) is 3.66. The van der Waals surface area contributed by atoms with Crippen molar-refractivity contribution in [3.63, 3.8) is 0 Å². The van der Waals surface area contributed by atoms with Gasteiger partial charge in [0.05, 0.1) is 17.2 Å². The number of thiocarbonyl (C=S) groups is 1. The molecule has 0 saturated heterocycles. The van der Waals surface area contributed by atoms with Crippen molar-refractivity contribution in [2.24, 2.45) is 0 Å². The van der Waals surface area contributed by atoms with E-state index < -0.39 is 0 Å². The van der Waals surface area contributed by atoms with Crippen LogP contribution in [0.15, 0.2) is 46.9 Å². The average Bonchev–Trinajstić information content (AvgIpc) is 2.64. The molecule has 1 amide bonds. The fourth-order valence-corrected chi connectivity index (χ4v) is 2.98. The van der Waals surface area contributed by atoms with Crippen LogP contribution >= 0.6 is 28.1 Å². The minimum atomic E-state index is -0.297. The van der Waals surface area contributed by atoms with Crippen LogP contribution in [0.25, 0.3) is 0 Å². The zero-order valence-corrected chi connectivity index (χ0v) is 18.7. The summed E-state index contributed by atoms with van der Waals surface area (Å²) in [6.07, 6.45) is 2.17. The normalized spacial score (nSPS) is 10.5. The number of anilines is 1. The van der Waals surface area contributed by atoms with Gasteiger partial charge in [0.1, 0.15) is 11.5 Å². The number of amides is 1. The molecule has 0 aromatic heterocycles. The van der Waals surface area contributed by atoms with Crippen molar-refractivity contribution in [3.8, 4) is 11.5 Å². The van der Waals surface area contributed by atoms with Crippen LogP contribution in [0.3, 0.4) is 0 Å². The number of nitrogens with one attached hydrogen (secondary N) is 2. The number of halogens is 1. The fraction of sp³-hybridized carbons (Fsp3) is 0.333. The molecule has 150 valence electrons. The summed E-state index contributed by atoms with van der Waals surface area (Å²) in [5.74, 6) is 1.20. The van der Waals surface area contributed by atoms with Crippen LogP contribution in [0.1, 0.15) is 44.0 Å². The molecule has 0 bridgehead atoms. The Hall–Kier alpha value is -2.12. The van der Waals surface area contributed by atoms with Crippen LogP contribution in [0.2, 0.25) is 0 Å². The Labute approximate surface area is 179 Å². The van der Waals surface area contributed by atoms with Gasteiger partial charge in [0, 0.05) is 11.3 Å². The number of rotatable bonds is 8. The van der Waals surface area contributed by atoms with Gasteiger partial charge >= 0.3 is 0 Å². The van der Waals surface area contributed by atoms with Gasteiger partial charge < -0.3 is 14.8 Å². The van der Waals surface area contributed by atoms with E-state index in [1.54, 1.807) is 18.2 Å². The summed E-state index contributed by atoms with van der Waals surface area (Å²) in [5, 5.41) is 5.90. The highest BCUT2D eigenvalue weighted by Crippen LogP contribution is 2.27. The van der Waals surface area contributed by atoms with Crippen molar-refractivity contribution in [3.05, 3.63) is 52.5 Å². The van der Waals surface area contributed by atoms with E-state index in [1.165, 1.54) is 0 Å². The van der Waals surface area contributed by atoms with E-state index >= 15 is 0 Å². The van der Waals surface area contributed by atoms with Crippen LogP contribution in [0, 0.1) is 0 Å². The van der Waals surface area contributed by atoms with E-state index in [2.05, 4.69) is 33.5 Å². The molecule has 0 aliphatic rings. The van der Waals surface area contributed by atoms with Gasteiger partial charge in [-0.05, 0) is 90.9 Å². The highest BCUT2D eigenvalue weighted by atomic mass is 79.9. The molecule has 2 N–H and O–H groups in total. The SMILES string of the molecule is CCCCOc1ccc(NC(=S)NC(=O)c2ccc(OC(C)C)c(Br)c2)cc1. The Morgan fingerprint density at radius 2 is 1.89 bits per heavy atom. The topological polar surface area (TPSA) is 59.6 Å². The third-order valence-corrected chi connectivity index (χ3v) is 4.49. The van der Waals surface area contributed by atoms with Crippen molar-refractivity contribution in [1.29, 1.82) is 0 Å². The number of carbonyl (C=O) groups excluding carboxylic acids is 1. The molecule has 2 aromatic rings. The lowest BCUT2D eigenvalue weighted by atomic mass is 10.2. The molecule has 0 spiro atoms. The Kier molecular flexibility index (Phi) is 8.73. The zero-order chi connectivity index (χ0) is 20.5. The summed E-state index contributed by atoms with van der Waals surface area (Å²) < 4.78 is 12.0. The summed E-state index contributed by atoms with van der Waals surface area (Å²) in [4.78, 5) is 12.4. The Morgan fingerprint density at radius 1 is 1.18 bits per heavy atom. The maximum absolute atomic E-state index is 12.4. The van der Waals surface area contributed by atoms with E-state index in [1.807, 2.05) is 38.1 Å². The van der Waals surface area contributed by atoms with Gasteiger partial charge in [-0.2, -0.15) is 0 Å². The molecule has 5 nitrogen and oxygen atoms in total. The number of benzene rings is 2. The van der Waals surface area contributed by atoms with Gasteiger partial charge in [-0.3, -0.25) is 10.1 Å². The molecule has 0 radical (unpaired) electrons. The van der Waals surface area contributed by atoms with Crippen molar-refractivity contribution < 1.29 is 14.3 Å². The highest BCUT2D eigenvalue weighted by Gasteiger charge is 2.12.